The van der Waals surface area contributed by atoms with Crippen LogP contribution < -0.4 is 4.74 Å². The fourth-order valence-corrected chi connectivity index (χ4v) is 3.09. The molecule has 1 aromatic heterocycles. The number of para-hydroxylation sites is 2. The lowest BCUT2D eigenvalue weighted by atomic mass is 10.1. The number of hydrogen-bond acceptors (Lipinski definition) is 4. The first-order chi connectivity index (χ1) is 13.0. The standard InChI is InChI=1S/C22H17ClN2O2/c1-13-14(2)20(12-11-17(13)23)27-22-15-7-3-5-9-18(15)24-21(25-22)16-8-4-6-10-19(16)26/h3-12,26H,1-2H3. The molecule has 4 aromatic rings. The number of aromatic hydroxyl groups is 1. The van der Waals surface area contributed by atoms with Gasteiger partial charge in [0.1, 0.15) is 11.5 Å². The molecule has 27 heavy (non-hydrogen) atoms. The van der Waals surface area contributed by atoms with Gasteiger partial charge in [0.2, 0.25) is 5.88 Å². The number of aromatic nitrogens is 2. The molecular formula is C22H17ClN2O2. The Morgan fingerprint density at radius 3 is 2.41 bits per heavy atom. The molecular weight excluding hydrogens is 360 g/mol. The van der Waals surface area contributed by atoms with E-state index in [0.717, 1.165) is 22.0 Å². The van der Waals surface area contributed by atoms with Crippen LogP contribution >= 0.6 is 11.6 Å². The van der Waals surface area contributed by atoms with Crippen molar-refractivity contribution < 1.29 is 9.84 Å². The van der Waals surface area contributed by atoms with Crippen molar-refractivity contribution in [3.05, 3.63) is 76.8 Å². The molecule has 5 heteroatoms. The number of rotatable bonds is 3. The van der Waals surface area contributed by atoms with Crippen LogP contribution in [0.25, 0.3) is 22.3 Å². The quantitative estimate of drug-likeness (QED) is 0.471. The predicted octanol–water partition coefficient (Wildman–Crippen LogP) is 6.06. The molecule has 4 nitrogen and oxygen atoms in total. The van der Waals surface area contributed by atoms with Crippen molar-refractivity contribution in [3.63, 3.8) is 0 Å². The summed E-state index contributed by atoms with van der Waals surface area (Å²) in [6, 6.07) is 18.3. The molecule has 0 amide bonds. The number of phenolic OH excluding ortho intramolecular Hbond substituents is 1. The molecule has 0 unspecified atom stereocenters. The Labute approximate surface area is 162 Å². The molecule has 0 spiro atoms. The molecule has 1 N–H and O–H groups in total. The molecule has 0 radical (unpaired) electrons. The third-order valence-corrected chi connectivity index (χ3v) is 5.00. The van der Waals surface area contributed by atoms with Crippen LogP contribution in [0, 0.1) is 13.8 Å². The van der Waals surface area contributed by atoms with E-state index in [-0.39, 0.29) is 5.75 Å². The summed E-state index contributed by atoms with van der Waals surface area (Å²) in [5.41, 5.74) is 3.21. The monoisotopic (exact) mass is 376 g/mol. The second-order valence-corrected chi connectivity index (χ2v) is 6.69. The minimum absolute atomic E-state index is 0.122. The summed E-state index contributed by atoms with van der Waals surface area (Å²) in [5.74, 6) is 1.65. The highest BCUT2D eigenvalue weighted by atomic mass is 35.5. The highest BCUT2D eigenvalue weighted by Gasteiger charge is 2.15. The molecule has 0 aliphatic carbocycles. The van der Waals surface area contributed by atoms with Gasteiger partial charge in [-0.2, -0.15) is 4.98 Å². The van der Waals surface area contributed by atoms with Crippen LogP contribution in [0.2, 0.25) is 5.02 Å². The maximum atomic E-state index is 10.2. The average Bonchev–Trinajstić information content (AvgIpc) is 2.68. The van der Waals surface area contributed by atoms with E-state index >= 15 is 0 Å². The Morgan fingerprint density at radius 2 is 1.59 bits per heavy atom. The summed E-state index contributed by atoms with van der Waals surface area (Å²) in [6.07, 6.45) is 0. The fourth-order valence-electron chi connectivity index (χ4n) is 2.89. The topological polar surface area (TPSA) is 55.2 Å². The second-order valence-electron chi connectivity index (χ2n) is 6.28. The zero-order valence-corrected chi connectivity index (χ0v) is 15.7. The Kier molecular flexibility index (Phi) is 4.42. The number of fused-ring (bicyclic) bond motifs is 1. The number of ether oxygens (including phenoxy) is 1. The molecule has 134 valence electrons. The van der Waals surface area contributed by atoms with Gasteiger partial charge in [-0.25, -0.2) is 4.98 Å². The third kappa shape index (κ3) is 3.20. The molecule has 0 saturated heterocycles. The number of halogens is 1. The summed E-state index contributed by atoms with van der Waals surface area (Å²) in [7, 11) is 0. The van der Waals surface area contributed by atoms with E-state index in [9.17, 15) is 5.11 Å². The Morgan fingerprint density at radius 1 is 0.852 bits per heavy atom. The van der Waals surface area contributed by atoms with E-state index in [1.165, 1.54) is 0 Å². The van der Waals surface area contributed by atoms with Gasteiger partial charge in [-0.05, 0) is 61.4 Å². The first-order valence-corrected chi connectivity index (χ1v) is 8.91. The number of hydrogen-bond donors (Lipinski definition) is 1. The summed E-state index contributed by atoms with van der Waals surface area (Å²) in [6.45, 7) is 3.92. The van der Waals surface area contributed by atoms with Gasteiger partial charge in [0.15, 0.2) is 5.82 Å². The van der Waals surface area contributed by atoms with Gasteiger partial charge in [0, 0.05) is 5.02 Å². The lowest BCUT2D eigenvalue weighted by molar-refractivity contribution is 0.463. The molecule has 0 saturated carbocycles. The molecule has 0 aliphatic heterocycles. The third-order valence-electron chi connectivity index (χ3n) is 4.59. The van der Waals surface area contributed by atoms with Gasteiger partial charge < -0.3 is 9.84 Å². The Bertz CT molecular complexity index is 1160. The average molecular weight is 377 g/mol. The Balaban J connectivity index is 1.90. The van der Waals surface area contributed by atoms with Gasteiger partial charge in [0.25, 0.3) is 0 Å². The van der Waals surface area contributed by atoms with Crippen molar-refractivity contribution in [2.24, 2.45) is 0 Å². The SMILES string of the molecule is Cc1c(Cl)ccc(Oc2nc(-c3ccccc3O)nc3ccccc23)c1C. The highest BCUT2D eigenvalue weighted by molar-refractivity contribution is 6.31. The van der Waals surface area contributed by atoms with Gasteiger partial charge >= 0.3 is 0 Å². The van der Waals surface area contributed by atoms with Crippen LogP contribution in [0.5, 0.6) is 17.4 Å². The van der Waals surface area contributed by atoms with Crippen molar-refractivity contribution in [2.45, 2.75) is 13.8 Å². The van der Waals surface area contributed by atoms with Crippen LogP contribution in [-0.2, 0) is 0 Å². The van der Waals surface area contributed by atoms with Gasteiger partial charge in [-0.1, -0.05) is 35.9 Å². The number of benzene rings is 3. The molecule has 0 fully saturated rings. The minimum Gasteiger partial charge on any atom is -0.507 e. The van der Waals surface area contributed by atoms with Crippen LogP contribution in [0.1, 0.15) is 11.1 Å². The van der Waals surface area contributed by atoms with Crippen molar-refractivity contribution in [1.29, 1.82) is 0 Å². The van der Waals surface area contributed by atoms with Crippen molar-refractivity contribution in [1.82, 2.24) is 9.97 Å². The second kappa shape index (κ2) is 6.89. The first kappa shape index (κ1) is 17.3. The smallest absolute Gasteiger partial charge is 0.230 e. The van der Waals surface area contributed by atoms with E-state index in [0.29, 0.717) is 28.0 Å². The molecule has 0 aliphatic rings. The van der Waals surface area contributed by atoms with Crippen molar-refractivity contribution in [2.75, 3.05) is 0 Å². The molecule has 3 aromatic carbocycles. The fraction of sp³-hybridized carbons (Fsp3) is 0.0909. The van der Waals surface area contributed by atoms with E-state index < -0.39 is 0 Å². The minimum atomic E-state index is 0.122. The zero-order valence-electron chi connectivity index (χ0n) is 14.9. The molecule has 0 atom stereocenters. The highest BCUT2D eigenvalue weighted by Crippen LogP contribution is 2.35. The van der Waals surface area contributed by atoms with Crippen LogP contribution in [0.3, 0.4) is 0 Å². The van der Waals surface area contributed by atoms with E-state index in [1.807, 2.05) is 56.3 Å². The van der Waals surface area contributed by atoms with Gasteiger partial charge in [0.05, 0.1) is 16.5 Å². The van der Waals surface area contributed by atoms with Crippen LogP contribution in [0.4, 0.5) is 0 Å². The predicted molar refractivity (Wildman–Crippen MR) is 108 cm³/mol. The van der Waals surface area contributed by atoms with Crippen LogP contribution in [0.15, 0.2) is 60.7 Å². The van der Waals surface area contributed by atoms with Crippen LogP contribution in [-0.4, -0.2) is 15.1 Å². The summed E-state index contributed by atoms with van der Waals surface area (Å²) < 4.78 is 6.17. The van der Waals surface area contributed by atoms with Gasteiger partial charge in [-0.3, -0.25) is 0 Å². The van der Waals surface area contributed by atoms with Gasteiger partial charge in [-0.15, -0.1) is 0 Å². The maximum absolute atomic E-state index is 10.2. The largest absolute Gasteiger partial charge is 0.507 e. The Hall–Kier alpha value is -3.11. The maximum Gasteiger partial charge on any atom is 0.230 e. The normalized spacial score (nSPS) is 10.9. The zero-order chi connectivity index (χ0) is 19.0. The van der Waals surface area contributed by atoms with E-state index in [2.05, 4.69) is 9.97 Å². The number of nitrogens with zero attached hydrogens (tertiary/aromatic N) is 2. The number of phenols is 1. The summed E-state index contributed by atoms with van der Waals surface area (Å²) in [4.78, 5) is 9.18. The summed E-state index contributed by atoms with van der Waals surface area (Å²) in [5, 5.41) is 11.7. The molecule has 4 rings (SSSR count). The lowest BCUT2D eigenvalue weighted by Crippen LogP contribution is -1.98. The van der Waals surface area contributed by atoms with Crippen molar-refractivity contribution in [3.8, 4) is 28.8 Å². The lowest BCUT2D eigenvalue weighted by Gasteiger charge is -2.14. The first-order valence-electron chi connectivity index (χ1n) is 8.53. The molecule has 0 bridgehead atoms. The van der Waals surface area contributed by atoms with E-state index in [4.69, 9.17) is 16.3 Å². The molecule has 1 heterocycles. The van der Waals surface area contributed by atoms with Crippen molar-refractivity contribution >= 4 is 22.5 Å². The van der Waals surface area contributed by atoms with E-state index in [1.54, 1.807) is 18.2 Å². The summed E-state index contributed by atoms with van der Waals surface area (Å²) >= 11 is 6.20.